The molecule has 0 radical (unpaired) electrons. The maximum Gasteiger partial charge on any atom is 0.306 e. The van der Waals surface area contributed by atoms with E-state index in [9.17, 15) is 9.59 Å². The number of carboxylic acids is 1. The first-order valence-electron chi connectivity index (χ1n) is 18.5. The van der Waals surface area contributed by atoms with Crippen LogP contribution >= 0.6 is 0 Å². The highest BCUT2D eigenvalue weighted by Crippen LogP contribution is 2.19. The quantitative estimate of drug-likeness (QED) is 0.0607. The molecule has 0 spiro atoms. The van der Waals surface area contributed by atoms with E-state index in [-0.39, 0.29) is 18.5 Å². The van der Waals surface area contributed by atoms with Gasteiger partial charge in [0.15, 0.2) is 0 Å². The number of esters is 1. The van der Waals surface area contributed by atoms with Crippen LogP contribution in [-0.4, -0.2) is 23.1 Å². The molecule has 4 heteroatoms. The van der Waals surface area contributed by atoms with Crippen LogP contribution in [0.4, 0.5) is 0 Å². The van der Waals surface area contributed by atoms with Gasteiger partial charge in [0, 0.05) is 12.8 Å². The Hall–Kier alpha value is -1.06. The van der Waals surface area contributed by atoms with E-state index < -0.39 is 5.97 Å². The van der Waals surface area contributed by atoms with Crippen LogP contribution in [0, 0.1) is 0 Å². The largest absolute Gasteiger partial charge is 0.481 e. The van der Waals surface area contributed by atoms with Crippen LogP contribution in [-0.2, 0) is 14.3 Å². The van der Waals surface area contributed by atoms with Gasteiger partial charge >= 0.3 is 11.9 Å². The molecule has 244 valence electrons. The van der Waals surface area contributed by atoms with Crippen molar-refractivity contribution in [2.24, 2.45) is 0 Å². The lowest BCUT2D eigenvalue weighted by Gasteiger charge is -2.18. The van der Waals surface area contributed by atoms with Crippen molar-refractivity contribution in [2.45, 2.75) is 225 Å². The van der Waals surface area contributed by atoms with Crippen molar-refractivity contribution < 1.29 is 19.4 Å². The van der Waals surface area contributed by atoms with Crippen molar-refractivity contribution in [3.63, 3.8) is 0 Å². The molecule has 0 fully saturated rings. The summed E-state index contributed by atoms with van der Waals surface area (Å²) in [5.74, 6) is -0.715. The highest BCUT2D eigenvalue weighted by atomic mass is 16.5. The Morgan fingerprint density at radius 3 is 1.07 bits per heavy atom. The Morgan fingerprint density at radius 2 is 0.732 bits per heavy atom. The standard InChI is InChI=1S/C37H72O4/c1-3-5-7-9-11-13-15-16-17-18-20-22-24-30-34-37(40)41-35(32-28-25-26-29-33-36(38)39)31-27-23-21-19-14-12-10-8-6-4-2/h35H,3-34H2,1-2H3,(H,38,39). The predicted molar refractivity (Wildman–Crippen MR) is 177 cm³/mol. The molecule has 1 N–H and O–H groups in total. The minimum absolute atomic E-state index is 0.00751. The molecule has 0 saturated carbocycles. The van der Waals surface area contributed by atoms with Gasteiger partial charge < -0.3 is 9.84 Å². The van der Waals surface area contributed by atoms with Crippen LogP contribution in [0.25, 0.3) is 0 Å². The van der Waals surface area contributed by atoms with Crippen molar-refractivity contribution in [3.05, 3.63) is 0 Å². The van der Waals surface area contributed by atoms with E-state index in [1.165, 1.54) is 135 Å². The summed E-state index contributed by atoms with van der Waals surface area (Å²) in [6.07, 6.45) is 38.3. The molecule has 1 unspecified atom stereocenters. The van der Waals surface area contributed by atoms with Gasteiger partial charge in [0.1, 0.15) is 6.10 Å². The topological polar surface area (TPSA) is 63.6 Å². The van der Waals surface area contributed by atoms with Gasteiger partial charge in [0.25, 0.3) is 0 Å². The van der Waals surface area contributed by atoms with Crippen LogP contribution in [0.15, 0.2) is 0 Å². The summed E-state index contributed by atoms with van der Waals surface area (Å²) in [4.78, 5) is 23.3. The van der Waals surface area contributed by atoms with Crippen molar-refractivity contribution in [1.82, 2.24) is 0 Å². The van der Waals surface area contributed by atoms with Gasteiger partial charge in [-0.15, -0.1) is 0 Å². The summed E-state index contributed by atoms with van der Waals surface area (Å²) < 4.78 is 5.96. The number of aliphatic carboxylic acids is 1. The summed E-state index contributed by atoms with van der Waals surface area (Å²) in [6.45, 7) is 4.55. The molecule has 0 aromatic heterocycles. The molecule has 0 saturated heterocycles. The Morgan fingerprint density at radius 1 is 0.439 bits per heavy atom. The number of rotatable bonds is 34. The molecule has 0 heterocycles. The molecule has 1 atom stereocenters. The maximum atomic E-state index is 12.6. The first-order valence-corrected chi connectivity index (χ1v) is 18.5. The average molecular weight is 581 g/mol. The second-order valence-corrected chi connectivity index (χ2v) is 12.8. The second-order valence-electron chi connectivity index (χ2n) is 12.8. The zero-order chi connectivity index (χ0) is 30.1. The van der Waals surface area contributed by atoms with Crippen LogP contribution in [0.5, 0.6) is 0 Å². The molecule has 4 nitrogen and oxygen atoms in total. The molecule has 0 rings (SSSR count). The van der Waals surface area contributed by atoms with Crippen LogP contribution in [0.3, 0.4) is 0 Å². The molecular weight excluding hydrogens is 508 g/mol. The SMILES string of the molecule is CCCCCCCCCCCCCCCCC(=O)OC(CCCCCCCCCCCC)CCCCCCC(=O)O. The van der Waals surface area contributed by atoms with Crippen molar-refractivity contribution in [1.29, 1.82) is 0 Å². The summed E-state index contributed by atoms with van der Waals surface area (Å²) in [5.41, 5.74) is 0. The van der Waals surface area contributed by atoms with E-state index in [2.05, 4.69) is 13.8 Å². The summed E-state index contributed by atoms with van der Waals surface area (Å²) in [7, 11) is 0. The number of carbonyl (C=O) groups is 2. The molecule has 0 amide bonds. The predicted octanol–water partition coefficient (Wildman–Crippen LogP) is 12.5. The molecular formula is C37H72O4. The first-order chi connectivity index (χ1) is 20.1. The molecule has 0 aliphatic rings. The third-order valence-corrected chi connectivity index (χ3v) is 8.58. The van der Waals surface area contributed by atoms with Crippen molar-refractivity contribution >= 4 is 11.9 Å². The number of ether oxygens (including phenoxy) is 1. The van der Waals surface area contributed by atoms with E-state index in [1.807, 2.05) is 0 Å². The second kappa shape index (κ2) is 33.4. The third-order valence-electron chi connectivity index (χ3n) is 8.58. The average Bonchev–Trinajstić information content (AvgIpc) is 2.95. The number of hydrogen-bond acceptors (Lipinski definition) is 3. The monoisotopic (exact) mass is 581 g/mol. The number of carbonyl (C=O) groups excluding carboxylic acids is 1. The normalized spacial score (nSPS) is 12.0. The van der Waals surface area contributed by atoms with E-state index in [1.54, 1.807) is 0 Å². The fourth-order valence-electron chi connectivity index (χ4n) is 5.83. The molecule has 0 aliphatic carbocycles. The van der Waals surface area contributed by atoms with Gasteiger partial charge in [-0.25, -0.2) is 0 Å². The van der Waals surface area contributed by atoms with Crippen LogP contribution in [0.2, 0.25) is 0 Å². The first kappa shape index (κ1) is 39.9. The van der Waals surface area contributed by atoms with E-state index >= 15 is 0 Å². The highest BCUT2D eigenvalue weighted by molar-refractivity contribution is 5.69. The third kappa shape index (κ3) is 33.3. The minimum Gasteiger partial charge on any atom is -0.481 e. The minimum atomic E-state index is -0.707. The number of carboxylic acid groups (broad SMARTS) is 1. The lowest BCUT2D eigenvalue weighted by Crippen LogP contribution is -2.18. The molecule has 0 aromatic carbocycles. The Labute approximate surface area is 256 Å². The number of unbranched alkanes of at least 4 members (excludes halogenated alkanes) is 25. The molecule has 0 aliphatic heterocycles. The molecule has 0 bridgehead atoms. The van der Waals surface area contributed by atoms with Gasteiger partial charge in [0.05, 0.1) is 0 Å². The zero-order valence-corrected chi connectivity index (χ0v) is 27.9. The van der Waals surface area contributed by atoms with Crippen molar-refractivity contribution in [3.8, 4) is 0 Å². The van der Waals surface area contributed by atoms with Crippen LogP contribution in [0.1, 0.15) is 219 Å². The summed E-state index contributed by atoms with van der Waals surface area (Å²) in [5, 5.41) is 8.82. The fourth-order valence-corrected chi connectivity index (χ4v) is 5.83. The van der Waals surface area contributed by atoms with Gasteiger partial charge in [0.2, 0.25) is 0 Å². The van der Waals surface area contributed by atoms with E-state index in [0.717, 1.165) is 57.8 Å². The smallest absolute Gasteiger partial charge is 0.306 e. The van der Waals surface area contributed by atoms with Crippen molar-refractivity contribution in [2.75, 3.05) is 0 Å². The highest BCUT2D eigenvalue weighted by Gasteiger charge is 2.14. The zero-order valence-electron chi connectivity index (χ0n) is 27.9. The van der Waals surface area contributed by atoms with Gasteiger partial charge in [-0.3, -0.25) is 9.59 Å². The molecule has 0 aromatic rings. The van der Waals surface area contributed by atoms with E-state index in [4.69, 9.17) is 9.84 Å². The summed E-state index contributed by atoms with van der Waals surface area (Å²) >= 11 is 0. The van der Waals surface area contributed by atoms with Crippen LogP contribution < -0.4 is 0 Å². The Kier molecular flexibility index (Phi) is 32.6. The fraction of sp³-hybridized carbons (Fsp3) is 0.946. The number of hydrogen-bond donors (Lipinski definition) is 1. The van der Waals surface area contributed by atoms with E-state index in [0.29, 0.717) is 6.42 Å². The van der Waals surface area contributed by atoms with Gasteiger partial charge in [-0.05, 0) is 38.5 Å². The lowest BCUT2D eigenvalue weighted by molar-refractivity contribution is -0.150. The van der Waals surface area contributed by atoms with Gasteiger partial charge in [-0.2, -0.15) is 0 Å². The Bertz CT molecular complexity index is 547. The Balaban J connectivity index is 3.94. The maximum absolute atomic E-state index is 12.6. The summed E-state index contributed by atoms with van der Waals surface area (Å²) in [6, 6.07) is 0. The van der Waals surface area contributed by atoms with Gasteiger partial charge in [-0.1, -0.05) is 168 Å². The molecule has 41 heavy (non-hydrogen) atoms. The lowest BCUT2D eigenvalue weighted by atomic mass is 10.0.